The normalized spacial score (nSPS) is 20.3. The lowest BCUT2D eigenvalue weighted by Crippen LogP contribution is -2.51. The molecule has 5 heteroatoms. The number of hydrogen-bond acceptors (Lipinski definition) is 3. The number of rotatable bonds is 3. The molecule has 1 N–H and O–H groups in total. The lowest BCUT2D eigenvalue weighted by atomic mass is 10.2. The van der Waals surface area contributed by atoms with Gasteiger partial charge < -0.3 is 15.0 Å². The molecule has 0 radical (unpaired) electrons. The van der Waals surface area contributed by atoms with Gasteiger partial charge in [0, 0.05) is 23.2 Å². The minimum absolute atomic E-state index is 0.0198. The van der Waals surface area contributed by atoms with Crippen LogP contribution in [0.25, 0.3) is 0 Å². The second kappa shape index (κ2) is 5.82. The van der Waals surface area contributed by atoms with Crippen LogP contribution in [0, 0.1) is 6.92 Å². The Labute approximate surface area is 115 Å². The zero-order chi connectivity index (χ0) is 13.1. The highest BCUT2D eigenvalue weighted by atomic mass is 79.9. The molecule has 0 spiro atoms. The van der Waals surface area contributed by atoms with Gasteiger partial charge in [0.15, 0.2) is 0 Å². The number of morpholine rings is 1. The summed E-state index contributed by atoms with van der Waals surface area (Å²) in [5.74, 6) is 0.0198. The van der Waals surface area contributed by atoms with Gasteiger partial charge in [-0.1, -0.05) is 22.0 Å². The number of carbonyl (C=O) groups excluding carboxylic acids is 1. The second-order valence-corrected chi connectivity index (χ2v) is 5.19. The first kappa shape index (κ1) is 13.5. The van der Waals surface area contributed by atoms with Crippen molar-refractivity contribution in [1.29, 1.82) is 0 Å². The largest absolute Gasteiger partial charge is 0.365 e. The average molecular weight is 313 g/mol. The first-order valence-corrected chi connectivity index (χ1v) is 6.76. The van der Waals surface area contributed by atoms with Crippen molar-refractivity contribution in [3.63, 3.8) is 0 Å². The van der Waals surface area contributed by atoms with Crippen molar-refractivity contribution >= 4 is 27.5 Å². The Kier molecular flexibility index (Phi) is 4.37. The van der Waals surface area contributed by atoms with Gasteiger partial charge in [0.1, 0.15) is 6.10 Å². The maximum absolute atomic E-state index is 12.3. The highest BCUT2D eigenvalue weighted by Gasteiger charge is 2.29. The molecule has 1 atom stereocenters. The third-order valence-electron chi connectivity index (χ3n) is 3.03. The Hall–Kier alpha value is -0.910. The number of likely N-dealkylation sites (N-methyl/N-ethyl adjacent to an activating group) is 1. The highest BCUT2D eigenvalue weighted by molar-refractivity contribution is 9.10. The zero-order valence-corrected chi connectivity index (χ0v) is 12.2. The molecule has 2 rings (SSSR count). The average Bonchev–Trinajstić information content (AvgIpc) is 2.36. The van der Waals surface area contributed by atoms with E-state index >= 15 is 0 Å². The van der Waals surface area contributed by atoms with E-state index < -0.39 is 0 Å². The minimum Gasteiger partial charge on any atom is -0.365 e. The minimum atomic E-state index is -0.385. The molecule has 1 fully saturated rings. The maximum Gasteiger partial charge on any atom is 0.257 e. The van der Waals surface area contributed by atoms with E-state index in [1.807, 2.05) is 32.2 Å². The van der Waals surface area contributed by atoms with E-state index in [0.29, 0.717) is 19.7 Å². The summed E-state index contributed by atoms with van der Waals surface area (Å²) in [6.45, 7) is 3.75. The summed E-state index contributed by atoms with van der Waals surface area (Å²) >= 11 is 3.50. The van der Waals surface area contributed by atoms with Crippen LogP contribution in [-0.2, 0) is 9.53 Å². The van der Waals surface area contributed by atoms with Gasteiger partial charge >= 0.3 is 0 Å². The van der Waals surface area contributed by atoms with Crippen LogP contribution in [0.15, 0.2) is 22.7 Å². The summed E-state index contributed by atoms with van der Waals surface area (Å²) in [6.07, 6.45) is -0.385. The number of aryl methyl sites for hydroxylation is 1. The van der Waals surface area contributed by atoms with Crippen molar-refractivity contribution in [2.45, 2.75) is 13.0 Å². The Morgan fingerprint density at radius 2 is 2.33 bits per heavy atom. The van der Waals surface area contributed by atoms with Crippen LogP contribution < -0.4 is 10.2 Å². The first-order valence-electron chi connectivity index (χ1n) is 5.97. The van der Waals surface area contributed by atoms with Crippen LogP contribution >= 0.6 is 15.9 Å². The third-order valence-corrected chi connectivity index (χ3v) is 3.89. The van der Waals surface area contributed by atoms with E-state index in [1.165, 1.54) is 0 Å². The quantitative estimate of drug-likeness (QED) is 0.924. The summed E-state index contributed by atoms with van der Waals surface area (Å²) in [5, 5.41) is 2.98. The number of nitrogens with one attached hydrogen (secondary N) is 1. The molecule has 18 heavy (non-hydrogen) atoms. The zero-order valence-electron chi connectivity index (χ0n) is 10.6. The number of amides is 1. The Bertz CT molecular complexity index is 449. The van der Waals surface area contributed by atoms with Crippen LogP contribution in [0.3, 0.4) is 0 Å². The number of anilines is 1. The van der Waals surface area contributed by atoms with Crippen molar-refractivity contribution in [1.82, 2.24) is 5.32 Å². The van der Waals surface area contributed by atoms with Crippen LogP contribution in [0.5, 0.6) is 0 Å². The molecule has 4 nitrogen and oxygen atoms in total. The number of carbonyl (C=O) groups is 1. The van der Waals surface area contributed by atoms with Gasteiger partial charge in [-0.3, -0.25) is 4.79 Å². The molecule has 1 aliphatic heterocycles. The lowest BCUT2D eigenvalue weighted by molar-refractivity contribution is -0.133. The smallest absolute Gasteiger partial charge is 0.257 e. The molecule has 1 aromatic carbocycles. The first-order chi connectivity index (χ1) is 8.63. The van der Waals surface area contributed by atoms with Gasteiger partial charge in [-0.2, -0.15) is 0 Å². The van der Waals surface area contributed by atoms with Gasteiger partial charge in [-0.25, -0.2) is 0 Å². The molecule has 1 saturated heterocycles. The summed E-state index contributed by atoms with van der Waals surface area (Å²) in [6, 6.07) is 5.96. The molecular formula is C13H17BrN2O2. The van der Waals surface area contributed by atoms with Crippen molar-refractivity contribution in [2.24, 2.45) is 0 Å². The van der Waals surface area contributed by atoms with Crippen LogP contribution in [0.1, 0.15) is 5.56 Å². The summed E-state index contributed by atoms with van der Waals surface area (Å²) in [5.41, 5.74) is 2.08. The van der Waals surface area contributed by atoms with Gasteiger partial charge in [-0.15, -0.1) is 0 Å². The van der Waals surface area contributed by atoms with Crippen LogP contribution in [-0.4, -0.2) is 38.8 Å². The van der Waals surface area contributed by atoms with E-state index in [-0.39, 0.29) is 12.0 Å². The Morgan fingerprint density at radius 1 is 1.56 bits per heavy atom. The van der Waals surface area contributed by atoms with E-state index in [1.54, 1.807) is 4.90 Å². The summed E-state index contributed by atoms with van der Waals surface area (Å²) < 4.78 is 6.49. The molecule has 0 aliphatic carbocycles. The van der Waals surface area contributed by atoms with Gasteiger partial charge in [0.05, 0.1) is 6.61 Å². The molecule has 0 bridgehead atoms. The fourth-order valence-electron chi connectivity index (χ4n) is 1.98. The Balaban J connectivity index is 2.21. The molecular weight excluding hydrogens is 296 g/mol. The van der Waals surface area contributed by atoms with E-state index in [2.05, 4.69) is 21.2 Å². The molecule has 1 unspecified atom stereocenters. The van der Waals surface area contributed by atoms with E-state index in [9.17, 15) is 4.79 Å². The molecule has 1 aliphatic rings. The lowest BCUT2D eigenvalue weighted by Gasteiger charge is -2.32. The predicted molar refractivity (Wildman–Crippen MR) is 74.9 cm³/mol. The fraction of sp³-hybridized carbons (Fsp3) is 0.462. The van der Waals surface area contributed by atoms with Gasteiger partial charge in [-0.05, 0) is 31.7 Å². The molecule has 1 amide bonds. The standard InChI is InChI=1S/C13H17BrN2O2/c1-9-3-4-10(7-11(9)14)16-5-6-18-12(8-15-2)13(16)17/h3-4,7,12,15H,5-6,8H2,1-2H3. The summed E-state index contributed by atoms with van der Waals surface area (Å²) in [4.78, 5) is 14.0. The number of ether oxygens (including phenoxy) is 1. The topological polar surface area (TPSA) is 41.6 Å². The van der Waals surface area contributed by atoms with Crippen molar-refractivity contribution in [2.75, 3.05) is 31.6 Å². The SMILES string of the molecule is CNCC1OCCN(c2ccc(C)c(Br)c2)C1=O. The second-order valence-electron chi connectivity index (χ2n) is 4.34. The number of hydrogen-bond donors (Lipinski definition) is 1. The molecule has 0 aromatic heterocycles. The molecule has 1 aromatic rings. The Morgan fingerprint density at radius 3 is 3.00 bits per heavy atom. The number of halogens is 1. The van der Waals surface area contributed by atoms with Gasteiger partial charge in [0.25, 0.3) is 5.91 Å². The number of nitrogens with zero attached hydrogens (tertiary/aromatic N) is 1. The fourth-order valence-corrected chi connectivity index (χ4v) is 2.35. The van der Waals surface area contributed by atoms with Crippen LogP contribution in [0.2, 0.25) is 0 Å². The van der Waals surface area contributed by atoms with E-state index in [0.717, 1.165) is 15.7 Å². The third kappa shape index (κ3) is 2.74. The number of benzene rings is 1. The molecule has 1 heterocycles. The van der Waals surface area contributed by atoms with E-state index in [4.69, 9.17) is 4.74 Å². The van der Waals surface area contributed by atoms with Crippen molar-refractivity contribution in [3.05, 3.63) is 28.2 Å². The molecule has 98 valence electrons. The van der Waals surface area contributed by atoms with Crippen LogP contribution in [0.4, 0.5) is 5.69 Å². The monoisotopic (exact) mass is 312 g/mol. The highest BCUT2D eigenvalue weighted by Crippen LogP contribution is 2.25. The summed E-state index contributed by atoms with van der Waals surface area (Å²) in [7, 11) is 1.82. The maximum atomic E-state index is 12.3. The van der Waals surface area contributed by atoms with Gasteiger partial charge in [0.2, 0.25) is 0 Å². The van der Waals surface area contributed by atoms with Crippen molar-refractivity contribution < 1.29 is 9.53 Å². The van der Waals surface area contributed by atoms with Crippen molar-refractivity contribution in [3.8, 4) is 0 Å². The predicted octanol–water partition coefficient (Wildman–Crippen LogP) is 1.71. The molecule has 0 saturated carbocycles.